The molecule has 5 heteroatoms. The second kappa shape index (κ2) is 4.60. The lowest BCUT2D eigenvalue weighted by molar-refractivity contribution is 0.217. The molecule has 1 aliphatic heterocycles. The molecule has 1 aliphatic rings. The lowest BCUT2D eigenvalue weighted by Crippen LogP contribution is -2.29. The van der Waals surface area contributed by atoms with Crippen LogP contribution in [0, 0.1) is 11.3 Å². The zero-order valence-electron chi connectivity index (χ0n) is 9.66. The molecule has 1 heterocycles. The van der Waals surface area contributed by atoms with E-state index >= 15 is 0 Å². The molecule has 1 saturated heterocycles. The molecule has 0 spiro atoms. The van der Waals surface area contributed by atoms with Crippen LogP contribution in [0.5, 0.6) is 0 Å². The molecule has 0 aromatic carbocycles. The van der Waals surface area contributed by atoms with Crippen LogP contribution in [0.15, 0.2) is 0 Å². The van der Waals surface area contributed by atoms with Crippen LogP contribution in [0.4, 0.5) is 0 Å². The van der Waals surface area contributed by atoms with Gasteiger partial charge in [0, 0.05) is 23.8 Å². The van der Waals surface area contributed by atoms with Gasteiger partial charge in [0.05, 0.1) is 0 Å². The fourth-order valence-electron chi connectivity index (χ4n) is 2.15. The van der Waals surface area contributed by atoms with E-state index in [1.54, 1.807) is 0 Å². The summed E-state index contributed by atoms with van der Waals surface area (Å²) in [5.74, 6) is 0.584. The molecule has 0 bridgehead atoms. The molecule has 0 radical (unpaired) electrons. The van der Waals surface area contributed by atoms with Crippen LogP contribution in [-0.4, -0.2) is 25.8 Å². The lowest BCUT2D eigenvalue weighted by Gasteiger charge is -2.29. The summed E-state index contributed by atoms with van der Waals surface area (Å²) in [6.45, 7) is 7.76. The zero-order valence-corrected chi connectivity index (χ0v) is 11.2. The van der Waals surface area contributed by atoms with Crippen molar-refractivity contribution in [3.8, 4) is 0 Å². The summed E-state index contributed by atoms with van der Waals surface area (Å²) in [6.07, 6.45) is 2.91. The second-order valence-corrected chi connectivity index (χ2v) is 7.85. The Labute approximate surface area is 97.3 Å². The summed E-state index contributed by atoms with van der Waals surface area (Å²) in [5.41, 5.74) is 0.256. The van der Waals surface area contributed by atoms with Crippen molar-refractivity contribution in [3.05, 3.63) is 0 Å². The molecule has 0 N–H and O–H groups in total. The molecule has 0 aliphatic carbocycles. The van der Waals surface area contributed by atoms with Gasteiger partial charge in [0.25, 0.3) is 9.24 Å². The van der Waals surface area contributed by atoms with Gasteiger partial charge >= 0.3 is 0 Å². The summed E-state index contributed by atoms with van der Waals surface area (Å²) in [4.78, 5) is 0. The fourth-order valence-corrected chi connectivity index (χ4v) is 3.24. The standard InChI is InChI=1S/C10H20ClNO2S/c1-10(2,3)9-5-4-7-12(8-6-9)15(11,13)14/h9H,4-8H2,1-3H3. The Morgan fingerprint density at radius 1 is 1.20 bits per heavy atom. The Balaban J connectivity index is 2.65. The van der Waals surface area contributed by atoms with Crippen LogP contribution in [0.3, 0.4) is 0 Å². The van der Waals surface area contributed by atoms with Crippen molar-refractivity contribution in [1.82, 2.24) is 4.31 Å². The Morgan fingerprint density at radius 2 is 1.80 bits per heavy atom. The Morgan fingerprint density at radius 3 is 2.27 bits per heavy atom. The number of hydrogen-bond acceptors (Lipinski definition) is 2. The van der Waals surface area contributed by atoms with Gasteiger partial charge in [-0.1, -0.05) is 20.8 Å². The predicted molar refractivity (Wildman–Crippen MR) is 63.1 cm³/mol. The number of rotatable bonds is 1. The lowest BCUT2D eigenvalue weighted by atomic mass is 9.77. The van der Waals surface area contributed by atoms with Gasteiger partial charge in [-0.2, -0.15) is 12.7 Å². The summed E-state index contributed by atoms with van der Waals surface area (Å²) in [7, 11) is 1.83. The summed E-state index contributed by atoms with van der Waals surface area (Å²) in [6, 6.07) is 0. The second-order valence-electron chi connectivity index (χ2n) is 5.33. The van der Waals surface area contributed by atoms with Gasteiger partial charge in [0.15, 0.2) is 0 Å². The van der Waals surface area contributed by atoms with E-state index in [2.05, 4.69) is 20.8 Å². The van der Waals surface area contributed by atoms with Crippen LogP contribution in [0.1, 0.15) is 40.0 Å². The van der Waals surface area contributed by atoms with Crippen LogP contribution in [0.25, 0.3) is 0 Å². The summed E-state index contributed by atoms with van der Waals surface area (Å²) >= 11 is 0. The molecule has 0 aromatic heterocycles. The minimum Gasteiger partial charge on any atom is -0.195 e. The normalized spacial score (nSPS) is 26.3. The Hall–Kier alpha value is 0.200. The first-order valence-electron chi connectivity index (χ1n) is 5.41. The maximum atomic E-state index is 11.2. The molecule has 15 heavy (non-hydrogen) atoms. The van der Waals surface area contributed by atoms with Crippen molar-refractivity contribution in [1.29, 1.82) is 0 Å². The highest BCUT2D eigenvalue weighted by Crippen LogP contribution is 2.34. The van der Waals surface area contributed by atoms with Crippen LogP contribution < -0.4 is 0 Å². The van der Waals surface area contributed by atoms with Crippen molar-refractivity contribution < 1.29 is 8.42 Å². The zero-order chi connectivity index (χ0) is 11.7. The number of hydrogen-bond donors (Lipinski definition) is 0. The highest BCUT2D eigenvalue weighted by molar-refractivity contribution is 8.11. The van der Waals surface area contributed by atoms with Crippen LogP contribution >= 0.6 is 10.7 Å². The van der Waals surface area contributed by atoms with Gasteiger partial charge < -0.3 is 0 Å². The van der Waals surface area contributed by atoms with Gasteiger partial charge in [-0.15, -0.1) is 0 Å². The number of halogens is 1. The Bertz CT molecular complexity index is 308. The molecule has 3 nitrogen and oxygen atoms in total. The molecule has 1 rings (SSSR count). The SMILES string of the molecule is CC(C)(C)C1CCCN(S(=O)(=O)Cl)CC1. The smallest absolute Gasteiger partial charge is 0.195 e. The van der Waals surface area contributed by atoms with Crippen molar-refractivity contribution in [2.24, 2.45) is 11.3 Å². The Kier molecular flexibility index (Phi) is 4.07. The minimum atomic E-state index is -3.51. The van der Waals surface area contributed by atoms with Crippen molar-refractivity contribution in [2.45, 2.75) is 40.0 Å². The van der Waals surface area contributed by atoms with Crippen molar-refractivity contribution in [2.75, 3.05) is 13.1 Å². The molecule has 1 atom stereocenters. The van der Waals surface area contributed by atoms with Crippen LogP contribution in [0.2, 0.25) is 0 Å². The van der Waals surface area contributed by atoms with Gasteiger partial charge in [-0.3, -0.25) is 0 Å². The third-order valence-electron chi connectivity index (χ3n) is 3.22. The van der Waals surface area contributed by atoms with E-state index in [0.29, 0.717) is 19.0 Å². The average molecular weight is 254 g/mol. The van der Waals surface area contributed by atoms with Gasteiger partial charge in [-0.05, 0) is 30.6 Å². The highest BCUT2D eigenvalue weighted by atomic mass is 35.7. The largest absolute Gasteiger partial charge is 0.299 e. The molecule has 90 valence electrons. The van der Waals surface area contributed by atoms with E-state index in [0.717, 1.165) is 19.3 Å². The average Bonchev–Trinajstić information content (AvgIpc) is 2.24. The number of nitrogens with zero attached hydrogens (tertiary/aromatic N) is 1. The monoisotopic (exact) mass is 253 g/mol. The molecule has 0 saturated carbocycles. The van der Waals surface area contributed by atoms with E-state index in [1.165, 1.54) is 4.31 Å². The molecular formula is C10H20ClNO2S. The van der Waals surface area contributed by atoms with Gasteiger partial charge in [0.1, 0.15) is 0 Å². The van der Waals surface area contributed by atoms with Gasteiger partial charge in [-0.25, -0.2) is 0 Å². The van der Waals surface area contributed by atoms with E-state index in [1.807, 2.05) is 0 Å². The third kappa shape index (κ3) is 3.93. The fraction of sp³-hybridized carbons (Fsp3) is 1.00. The third-order valence-corrected chi connectivity index (χ3v) is 4.79. The molecule has 0 aromatic rings. The molecule has 1 fully saturated rings. The van der Waals surface area contributed by atoms with E-state index in [4.69, 9.17) is 10.7 Å². The summed E-state index contributed by atoms with van der Waals surface area (Å²) in [5, 5.41) is 0. The first-order valence-corrected chi connectivity index (χ1v) is 7.67. The quantitative estimate of drug-likeness (QED) is 0.674. The maximum Gasteiger partial charge on any atom is 0.299 e. The van der Waals surface area contributed by atoms with E-state index in [-0.39, 0.29) is 5.41 Å². The van der Waals surface area contributed by atoms with Crippen LogP contribution in [-0.2, 0) is 9.24 Å². The first kappa shape index (κ1) is 13.3. The van der Waals surface area contributed by atoms with Gasteiger partial charge in [0.2, 0.25) is 0 Å². The van der Waals surface area contributed by atoms with Crippen molar-refractivity contribution >= 4 is 19.9 Å². The van der Waals surface area contributed by atoms with E-state index < -0.39 is 9.24 Å². The topological polar surface area (TPSA) is 37.4 Å². The highest BCUT2D eigenvalue weighted by Gasteiger charge is 2.30. The molecule has 0 amide bonds. The van der Waals surface area contributed by atoms with E-state index in [9.17, 15) is 8.42 Å². The first-order chi connectivity index (χ1) is 6.71. The van der Waals surface area contributed by atoms with Crippen molar-refractivity contribution in [3.63, 3.8) is 0 Å². The maximum absolute atomic E-state index is 11.2. The minimum absolute atomic E-state index is 0.256. The molecular weight excluding hydrogens is 234 g/mol. The predicted octanol–water partition coefficient (Wildman–Crippen LogP) is 2.62. The molecule has 1 unspecified atom stereocenters. The summed E-state index contributed by atoms with van der Waals surface area (Å²) < 4.78 is 23.8.